The summed E-state index contributed by atoms with van der Waals surface area (Å²) in [6, 6.07) is 1.42. The van der Waals surface area contributed by atoms with E-state index in [0.29, 0.717) is 31.4 Å². The van der Waals surface area contributed by atoms with Gasteiger partial charge in [-0.25, -0.2) is 4.98 Å². The lowest BCUT2D eigenvalue weighted by molar-refractivity contribution is 0.167. The van der Waals surface area contributed by atoms with Crippen molar-refractivity contribution in [3.8, 4) is 0 Å². The van der Waals surface area contributed by atoms with E-state index in [2.05, 4.69) is 21.9 Å². The monoisotopic (exact) mass is 223 g/mol. The predicted molar refractivity (Wildman–Crippen MR) is 63.7 cm³/mol. The molecular weight excluding hydrogens is 206 g/mol. The molecule has 0 radical (unpaired) electrons. The van der Waals surface area contributed by atoms with Gasteiger partial charge >= 0.3 is 0 Å². The van der Waals surface area contributed by atoms with Crippen molar-refractivity contribution in [1.29, 1.82) is 0 Å². The van der Waals surface area contributed by atoms with Gasteiger partial charge in [0.15, 0.2) is 0 Å². The first-order chi connectivity index (χ1) is 7.58. The van der Waals surface area contributed by atoms with E-state index in [0.717, 1.165) is 5.57 Å². The van der Waals surface area contributed by atoms with Crippen LogP contribution in [-0.4, -0.2) is 29.7 Å². The number of ether oxygens (including phenoxy) is 1. The quantitative estimate of drug-likeness (QED) is 0.559. The molecule has 0 spiro atoms. The van der Waals surface area contributed by atoms with Gasteiger partial charge in [0.25, 0.3) is 5.56 Å². The molecule has 0 aromatic carbocycles. The van der Waals surface area contributed by atoms with Crippen LogP contribution in [0.5, 0.6) is 0 Å². The van der Waals surface area contributed by atoms with Crippen LogP contribution in [0.25, 0.3) is 0 Å². The second-order valence-electron chi connectivity index (χ2n) is 3.65. The molecule has 0 fully saturated rings. The van der Waals surface area contributed by atoms with Gasteiger partial charge in [-0.15, -0.1) is 0 Å². The Hall–Kier alpha value is -1.62. The average molecular weight is 223 g/mol. The summed E-state index contributed by atoms with van der Waals surface area (Å²) in [6.07, 6.45) is 0. The SMILES string of the molecule is C=C(C)COCCNc1cc(=O)[nH]c(C)n1. The number of nitrogens with one attached hydrogen (secondary N) is 2. The van der Waals surface area contributed by atoms with E-state index in [4.69, 9.17) is 4.74 Å². The summed E-state index contributed by atoms with van der Waals surface area (Å²) in [4.78, 5) is 17.8. The number of aryl methyl sites for hydroxylation is 1. The van der Waals surface area contributed by atoms with Crippen LogP contribution in [0.4, 0.5) is 5.82 Å². The molecule has 0 saturated heterocycles. The summed E-state index contributed by atoms with van der Waals surface area (Å²) < 4.78 is 5.30. The smallest absolute Gasteiger partial charge is 0.252 e. The molecule has 16 heavy (non-hydrogen) atoms. The third-order valence-electron chi connectivity index (χ3n) is 1.76. The molecule has 0 unspecified atom stereocenters. The van der Waals surface area contributed by atoms with Gasteiger partial charge in [-0.05, 0) is 13.8 Å². The molecule has 5 nitrogen and oxygen atoms in total. The van der Waals surface area contributed by atoms with Crippen molar-refractivity contribution in [2.45, 2.75) is 13.8 Å². The minimum atomic E-state index is -0.155. The Morgan fingerprint density at radius 1 is 1.69 bits per heavy atom. The van der Waals surface area contributed by atoms with Crippen molar-refractivity contribution in [1.82, 2.24) is 9.97 Å². The standard InChI is InChI=1S/C11H17N3O2/c1-8(2)7-16-5-4-12-10-6-11(15)14-9(3)13-10/h6H,1,4-5,7H2,2-3H3,(H2,12,13,14,15). The zero-order chi connectivity index (χ0) is 12.0. The van der Waals surface area contributed by atoms with Crippen molar-refractivity contribution in [3.05, 3.63) is 34.4 Å². The van der Waals surface area contributed by atoms with Gasteiger partial charge in [0.2, 0.25) is 0 Å². The Labute approximate surface area is 94.6 Å². The van der Waals surface area contributed by atoms with Gasteiger partial charge in [0.1, 0.15) is 11.6 Å². The van der Waals surface area contributed by atoms with Crippen molar-refractivity contribution in [2.75, 3.05) is 25.1 Å². The summed E-state index contributed by atoms with van der Waals surface area (Å²) in [7, 11) is 0. The summed E-state index contributed by atoms with van der Waals surface area (Å²) in [5.41, 5.74) is 0.836. The lowest BCUT2D eigenvalue weighted by Crippen LogP contribution is -2.15. The van der Waals surface area contributed by atoms with Crippen LogP contribution in [0.2, 0.25) is 0 Å². The van der Waals surface area contributed by atoms with E-state index in [1.54, 1.807) is 6.92 Å². The van der Waals surface area contributed by atoms with Crippen LogP contribution in [0.3, 0.4) is 0 Å². The summed E-state index contributed by atoms with van der Waals surface area (Å²) in [5, 5.41) is 3.01. The zero-order valence-electron chi connectivity index (χ0n) is 9.67. The van der Waals surface area contributed by atoms with Crippen molar-refractivity contribution in [2.24, 2.45) is 0 Å². The van der Waals surface area contributed by atoms with E-state index in [-0.39, 0.29) is 5.56 Å². The molecule has 5 heteroatoms. The maximum Gasteiger partial charge on any atom is 0.252 e. The highest BCUT2D eigenvalue weighted by atomic mass is 16.5. The fourth-order valence-corrected chi connectivity index (χ4v) is 1.17. The maximum atomic E-state index is 11.1. The Kier molecular flexibility index (Phi) is 4.72. The topological polar surface area (TPSA) is 67.0 Å². The second-order valence-corrected chi connectivity index (χ2v) is 3.65. The minimum absolute atomic E-state index is 0.155. The van der Waals surface area contributed by atoms with Crippen LogP contribution < -0.4 is 10.9 Å². The maximum absolute atomic E-state index is 11.1. The molecule has 88 valence electrons. The van der Waals surface area contributed by atoms with Gasteiger partial charge in [-0.1, -0.05) is 12.2 Å². The number of rotatable bonds is 6. The largest absolute Gasteiger partial charge is 0.375 e. The van der Waals surface area contributed by atoms with Crippen LogP contribution in [0, 0.1) is 6.92 Å². The molecule has 0 aliphatic heterocycles. The molecule has 0 aliphatic carbocycles. The molecule has 1 aromatic heterocycles. The van der Waals surface area contributed by atoms with E-state index in [9.17, 15) is 4.79 Å². The zero-order valence-corrected chi connectivity index (χ0v) is 9.67. The first kappa shape index (κ1) is 12.4. The Morgan fingerprint density at radius 3 is 3.06 bits per heavy atom. The van der Waals surface area contributed by atoms with Gasteiger partial charge < -0.3 is 15.0 Å². The molecule has 0 bridgehead atoms. The summed E-state index contributed by atoms with van der Waals surface area (Å²) in [5.74, 6) is 1.16. The lowest BCUT2D eigenvalue weighted by atomic mass is 10.4. The van der Waals surface area contributed by atoms with Crippen LogP contribution in [-0.2, 0) is 4.74 Å². The summed E-state index contributed by atoms with van der Waals surface area (Å²) in [6.45, 7) is 9.11. The fourth-order valence-electron chi connectivity index (χ4n) is 1.17. The first-order valence-corrected chi connectivity index (χ1v) is 5.12. The van der Waals surface area contributed by atoms with E-state index < -0.39 is 0 Å². The highest BCUT2D eigenvalue weighted by Gasteiger charge is 1.96. The van der Waals surface area contributed by atoms with Gasteiger partial charge in [-0.3, -0.25) is 4.79 Å². The van der Waals surface area contributed by atoms with Crippen LogP contribution >= 0.6 is 0 Å². The van der Waals surface area contributed by atoms with Gasteiger partial charge in [0.05, 0.1) is 13.2 Å². The summed E-state index contributed by atoms with van der Waals surface area (Å²) >= 11 is 0. The van der Waals surface area contributed by atoms with Crippen molar-refractivity contribution in [3.63, 3.8) is 0 Å². The molecule has 1 rings (SSSR count). The average Bonchev–Trinajstić information content (AvgIpc) is 2.15. The molecule has 0 saturated carbocycles. The number of hydrogen-bond donors (Lipinski definition) is 2. The predicted octanol–water partition coefficient (Wildman–Crippen LogP) is 1.08. The Morgan fingerprint density at radius 2 is 2.44 bits per heavy atom. The van der Waals surface area contributed by atoms with E-state index >= 15 is 0 Å². The van der Waals surface area contributed by atoms with E-state index in [1.807, 2.05) is 6.92 Å². The normalized spacial score (nSPS) is 10.1. The number of anilines is 1. The lowest BCUT2D eigenvalue weighted by Gasteiger charge is -2.06. The highest BCUT2D eigenvalue weighted by Crippen LogP contribution is 1.97. The Balaban J connectivity index is 2.32. The van der Waals surface area contributed by atoms with Crippen molar-refractivity contribution < 1.29 is 4.74 Å². The van der Waals surface area contributed by atoms with Crippen LogP contribution in [0.1, 0.15) is 12.7 Å². The van der Waals surface area contributed by atoms with Gasteiger partial charge in [0, 0.05) is 12.6 Å². The van der Waals surface area contributed by atoms with Crippen LogP contribution in [0.15, 0.2) is 23.0 Å². The van der Waals surface area contributed by atoms with Gasteiger partial charge in [-0.2, -0.15) is 0 Å². The minimum Gasteiger partial charge on any atom is -0.375 e. The fraction of sp³-hybridized carbons (Fsp3) is 0.455. The number of aromatic nitrogens is 2. The third-order valence-corrected chi connectivity index (χ3v) is 1.76. The third kappa shape index (κ3) is 4.75. The number of aromatic amines is 1. The number of H-pyrrole nitrogens is 1. The molecule has 0 amide bonds. The molecule has 0 aliphatic rings. The highest BCUT2D eigenvalue weighted by molar-refractivity contribution is 5.32. The Bertz CT molecular complexity index is 412. The molecule has 1 heterocycles. The molecular formula is C11H17N3O2. The van der Waals surface area contributed by atoms with Crippen molar-refractivity contribution >= 4 is 5.82 Å². The van der Waals surface area contributed by atoms with E-state index in [1.165, 1.54) is 6.07 Å². The number of nitrogens with zero attached hydrogens (tertiary/aromatic N) is 1. The second kappa shape index (κ2) is 6.07. The molecule has 2 N–H and O–H groups in total. The molecule has 0 atom stereocenters. The number of hydrogen-bond acceptors (Lipinski definition) is 4. The first-order valence-electron chi connectivity index (χ1n) is 5.12. The molecule has 1 aromatic rings.